The second-order valence-electron chi connectivity index (χ2n) is 6.33. The van der Waals surface area contributed by atoms with E-state index < -0.39 is 0 Å². The maximum Gasteiger partial charge on any atom is 0.246 e. The summed E-state index contributed by atoms with van der Waals surface area (Å²) in [5.41, 5.74) is 8.70. The van der Waals surface area contributed by atoms with Crippen LogP contribution in [0.4, 0.5) is 0 Å². The first kappa shape index (κ1) is 18.2. The van der Waals surface area contributed by atoms with Gasteiger partial charge >= 0.3 is 0 Å². The molecule has 0 saturated carbocycles. The average molecular weight is 329 g/mol. The molecule has 1 atom stereocenters. The molecule has 0 unspecified atom stereocenters. The Morgan fingerprint density at radius 2 is 1.75 bits per heavy atom. The van der Waals surface area contributed by atoms with Crippen LogP contribution in [0.3, 0.4) is 0 Å². The average Bonchev–Trinajstić information content (AvgIpc) is 2.59. The first-order valence-electron chi connectivity index (χ1n) is 8.52. The number of hydrogen-bond donors (Lipinski definition) is 1. The second-order valence-corrected chi connectivity index (χ2v) is 6.33. The normalized spacial score (nSPS) is 17.6. The number of aryl methyl sites for hydroxylation is 1. The maximum absolute atomic E-state index is 12.6. The molecule has 0 bridgehead atoms. The number of hydrogen-bond acceptors (Lipinski definition) is 3. The van der Waals surface area contributed by atoms with Gasteiger partial charge < -0.3 is 10.6 Å². The van der Waals surface area contributed by atoms with Crippen molar-refractivity contribution in [2.45, 2.75) is 33.2 Å². The van der Waals surface area contributed by atoms with Gasteiger partial charge in [-0.25, -0.2) is 0 Å². The van der Waals surface area contributed by atoms with Crippen molar-refractivity contribution >= 4 is 17.4 Å². The number of amides is 2. The Bertz CT molecular complexity index is 614. The lowest BCUT2D eigenvalue weighted by atomic mass is 10.0. The van der Waals surface area contributed by atoms with Gasteiger partial charge in [0.2, 0.25) is 11.8 Å². The molecule has 2 amide bonds. The zero-order valence-corrected chi connectivity index (χ0v) is 14.8. The lowest BCUT2D eigenvalue weighted by Gasteiger charge is -2.36. The molecule has 1 aliphatic rings. The van der Waals surface area contributed by atoms with E-state index in [1.165, 1.54) is 5.56 Å². The van der Waals surface area contributed by atoms with Crippen molar-refractivity contribution in [2.75, 3.05) is 26.2 Å². The number of benzene rings is 1. The van der Waals surface area contributed by atoms with Crippen LogP contribution in [0.5, 0.6) is 0 Å². The third-order valence-electron chi connectivity index (χ3n) is 4.69. The monoisotopic (exact) mass is 329 g/mol. The molecule has 1 fully saturated rings. The van der Waals surface area contributed by atoms with Crippen LogP contribution in [0.1, 0.15) is 31.4 Å². The molecule has 2 rings (SSSR count). The smallest absolute Gasteiger partial charge is 0.246 e. The van der Waals surface area contributed by atoms with Gasteiger partial charge in [0, 0.05) is 32.3 Å². The van der Waals surface area contributed by atoms with Crippen LogP contribution in [0.25, 0.3) is 5.57 Å². The minimum Gasteiger partial charge on any atom is -0.368 e. The number of nitrogens with zero attached hydrogens (tertiary/aromatic N) is 2. The van der Waals surface area contributed by atoms with Gasteiger partial charge in [0.1, 0.15) is 0 Å². The fourth-order valence-electron chi connectivity index (χ4n) is 2.91. The Kier molecular flexibility index (Phi) is 6.15. The number of nitrogens with two attached hydrogens (primary N) is 1. The summed E-state index contributed by atoms with van der Waals surface area (Å²) in [5, 5.41) is 0. The highest BCUT2D eigenvalue weighted by Crippen LogP contribution is 2.19. The summed E-state index contributed by atoms with van der Waals surface area (Å²) < 4.78 is 0. The first-order valence-corrected chi connectivity index (χ1v) is 8.52. The first-order chi connectivity index (χ1) is 11.4. The van der Waals surface area contributed by atoms with Crippen LogP contribution in [-0.2, 0) is 9.59 Å². The molecule has 0 aromatic heterocycles. The second kappa shape index (κ2) is 8.11. The van der Waals surface area contributed by atoms with Crippen LogP contribution >= 0.6 is 0 Å². The molecular weight excluding hydrogens is 302 g/mol. The third kappa shape index (κ3) is 4.45. The molecule has 1 aromatic carbocycles. The number of carbonyl (C=O) groups excluding carboxylic acids is 2. The van der Waals surface area contributed by atoms with Crippen LogP contribution in [-0.4, -0.2) is 53.8 Å². The summed E-state index contributed by atoms with van der Waals surface area (Å²) in [6, 6.07) is 7.96. The number of rotatable bonds is 5. The summed E-state index contributed by atoms with van der Waals surface area (Å²) >= 11 is 0. The highest BCUT2D eigenvalue weighted by molar-refractivity contribution is 5.95. The van der Waals surface area contributed by atoms with Gasteiger partial charge in [-0.3, -0.25) is 14.5 Å². The Morgan fingerprint density at radius 1 is 1.17 bits per heavy atom. The van der Waals surface area contributed by atoms with Crippen molar-refractivity contribution in [3.05, 3.63) is 41.5 Å². The molecule has 5 heteroatoms. The van der Waals surface area contributed by atoms with Gasteiger partial charge in [0.15, 0.2) is 0 Å². The Balaban J connectivity index is 2.01. The Labute approximate surface area is 144 Å². The number of carbonyl (C=O) groups is 2. The zero-order valence-electron chi connectivity index (χ0n) is 14.8. The van der Waals surface area contributed by atoms with Gasteiger partial charge in [-0.15, -0.1) is 0 Å². The minimum atomic E-state index is -0.317. The fourth-order valence-corrected chi connectivity index (χ4v) is 2.91. The van der Waals surface area contributed by atoms with E-state index in [9.17, 15) is 9.59 Å². The Morgan fingerprint density at radius 3 is 2.25 bits per heavy atom. The minimum absolute atomic E-state index is 0.0406. The van der Waals surface area contributed by atoms with Crippen molar-refractivity contribution in [1.29, 1.82) is 0 Å². The predicted molar refractivity (Wildman–Crippen MR) is 96.3 cm³/mol. The van der Waals surface area contributed by atoms with Crippen molar-refractivity contribution < 1.29 is 9.59 Å². The molecule has 2 N–H and O–H groups in total. The van der Waals surface area contributed by atoms with Crippen molar-refractivity contribution in [2.24, 2.45) is 5.73 Å². The van der Waals surface area contributed by atoms with Gasteiger partial charge in [0.05, 0.1) is 6.04 Å². The molecule has 1 aromatic rings. The summed E-state index contributed by atoms with van der Waals surface area (Å²) in [7, 11) is 0. The highest BCUT2D eigenvalue weighted by Gasteiger charge is 2.25. The standard InChI is InChI=1S/C19H27N3O2/c1-4-16(17-7-5-14(2)6-8-17)13-18(23)22-11-9-21(10-12-22)15(3)19(20)24/h5-8,13,15H,4,9-12H2,1-3H3,(H2,20,24)/b16-13-/t15-/m1/s1. The number of allylic oxidation sites excluding steroid dienone is 1. The van der Waals surface area contributed by atoms with Crippen molar-refractivity contribution in [3.8, 4) is 0 Å². The number of primary amides is 1. The van der Waals surface area contributed by atoms with Crippen LogP contribution in [0, 0.1) is 6.92 Å². The van der Waals surface area contributed by atoms with Gasteiger partial charge in [-0.2, -0.15) is 0 Å². The lowest BCUT2D eigenvalue weighted by molar-refractivity contribution is -0.129. The fraction of sp³-hybridized carbons (Fsp3) is 0.474. The molecule has 5 nitrogen and oxygen atoms in total. The quantitative estimate of drug-likeness (QED) is 0.838. The number of piperazine rings is 1. The SMILES string of the molecule is CC/C(=C/C(=O)N1CCN([C@H](C)C(N)=O)CC1)c1ccc(C)cc1. The molecule has 1 heterocycles. The van der Waals surface area contributed by atoms with E-state index in [4.69, 9.17) is 5.73 Å². The summed E-state index contributed by atoms with van der Waals surface area (Å²) in [4.78, 5) is 27.7. The molecule has 130 valence electrons. The van der Waals surface area contributed by atoms with Gasteiger partial charge in [-0.05, 0) is 31.4 Å². The van der Waals surface area contributed by atoms with Gasteiger partial charge in [-0.1, -0.05) is 36.8 Å². The molecule has 1 aliphatic heterocycles. The highest BCUT2D eigenvalue weighted by atomic mass is 16.2. The molecular formula is C19H27N3O2. The Hall–Kier alpha value is -2.14. The molecule has 0 radical (unpaired) electrons. The summed E-state index contributed by atoms with van der Waals surface area (Å²) in [6.07, 6.45) is 2.56. The summed E-state index contributed by atoms with van der Waals surface area (Å²) in [5.74, 6) is -0.277. The molecule has 0 spiro atoms. The van der Waals surface area contributed by atoms with E-state index in [1.54, 1.807) is 6.08 Å². The molecule has 1 saturated heterocycles. The van der Waals surface area contributed by atoms with Crippen LogP contribution in [0.15, 0.2) is 30.3 Å². The van der Waals surface area contributed by atoms with Crippen LogP contribution < -0.4 is 5.73 Å². The van der Waals surface area contributed by atoms with E-state index in [-0.39, 0.29) is 17.9 Å². The topological polar surface area (TPSA) is 66.6 Å². The largest absolute Gasteiger partial charge is 0.368 e. The summed E-state index contributed by atoms with van der Waals surface area (Å²) in [6.45, 7) is 8.52. The van der Waals surface area contributed by atoms with E-state index in [2.05, 4.69) is 38.1 Å². The lowest BCUT2D eigenvalue weighted by Crippen LogP contribution is -2.54. The van der Waals surface area contributed by atoms with E-state index >= 15 is 0 Å². The zero-order chi connectivity index (χ0) is 17.7. The van der Waals surface area contributed by atoms with E-state index in [0.29, 0.717) is 26.2 Å². The van der Waals surface area contributed by atoms with E-state index in [0.717, 1.165) is 17.6 Å². The maximum atomic E-state index is 12.6. The van der Waals surface area contributed by atoms with Crippen molar-refractivity contribution in [3.63, 3.8) is 0 Å². The third-order valence-corrected chi connectivity index (χ3v) is 4.69. The predicted octanol–water partition coefficient (Wildman–Crippen LogP) is 1.81. The molecule has 0 aliphatic carbocycles. The van der Waals surface area contributed by atoms with E-state index in [1.807, 2.05) is 16.7 Å². The van der Waals surface area contributed by atoms with Gasteiger partial charge in [0.25, 0.3) is 0 Å². The van der Waals surface area contributed by atoms with Crippen molar-refractivity contribution in [1.82, 2.24) is 9.80 Å². The van der Waals surface area contributed by atoms with Crippen LogP contribution in [0.2, 0.25) is 0 Å². The molecule has 24 heavy (non-hydrogen) atoms.